The molecule has 1 aliphatic carbocycles. The fraction of sp³-hybridized carbons (Fsp3) is 0.346. The van der Waals surface area contributed by atoms with Gasteiger partial charge in [-0.15, -0.1) is 6.58 Å². The Morgan fingerprint density at radius 3 is 2.26 bits per heavy atom. The molecular weight excluding hydrogens is 436 g/mol. The van der Waals surface area contributed by atoms with Crippen LogP contribution >= 0.6 is 0 Å². The maximum absolute atomic E-state index is 12.9. The average molecular weight is 465 g/mol. The van der Waals surface area contributed by atoms with Crippen LogP contribution in [0.2, 0.25) is 0 Å². The van der Waals surface area contributed by atoms with Gasteiger partial charge in [-0.25, -0.2) is 4.79 Å². The lowest BCUT2D eigenvalue weighted by atomic mass is 9.76. The van der Waals surface area contributed by atoms with Crippen molar-refractivity contribution in [1.29, 1.82) is 0 Å². The third kappa shape index (κ3) is 4.28. The van der Waals surface area contributed by atoms with Crippen molar-refractivity contribution >= 4 is 18.0 Å². The number of nitrogens with zero attached hydrogens (tertiary/aromatic N) is 1. The lowest BCUT2D eigenvalue weighted by Gasteiger charge is -2.47. The third-order valence-electron chi connectivity index (χ3n) is 6.55. The Kier molecular flexibility index (Phi) is 6.70. The van der Waals surface area contributed by atoms with E-state index in [0.29, 0.717) is 0 Å². The highest BCUT2D eigenvalue weighted by Crippen LogP contribution is 2.44. The molecular formula is C26H28N2O6. The minimum Gasteiger partial charge on any atom is -0.481 e. The number of allylic oxidation sites excluding steroid dienone is 1. The van der Waals surface area contributed by atoms with E-state index in [1.54, 1.807) is 0 Å². The third-order valence-corrected chi connectivity index (χ3v) is 6.55. The number of rotatable bonds is 9. The highest BCUT2D eigenvalue weighted by atomic mass is 16.5. The van der Waals surface area contributed by atoms with E-state index in [9.17, 15) is 19.5 Å². The fourth-order valence-corrected chi connectivity index (χ4v) is 4.81. The van der Waals surface area contributed by atoms with Gasteiger partial charge in [-0.2, -0.15) is 0 Å². The van der Waals surface area contributed by atoms with Crippen LogP contribution < -0.4 is 5.32 Å². The molecule has 178 valence electrons. The number of amides is 2. The van der Waals surface area contributed by atoms with Crippen LogP contribution in [0.4, 0.5) is 4.79 Å². The van der Waals surface area contributed by atoms with E-state index >= 15 is 0 Å². The zero-order valence-corrected chi connectivity index (χ0v) is 19.0. The number of aliphatic carboxylic acids is 1. The van der Waals surface area contributed by atoms with E-state index in [1.807, 2.05) is 36.4 Å². The quantitative estimate of drug-likeness (QED) is 0.553. The first-order chi connectivity index (χ1) is 16.4. The fourth-order valence-electron chi connectivity index (χ4n) is 4.81. The number of alkyl carbamates (subject to hydrolysis) is 1. The van der Waals surface area contributed by atoms with Crippen LogP contribution in [0.3, 0.4) is 0 Å². The molecule has 0 saturated carbocycles. The van der Waals surface area contributed by atoms with Crippen LogP contribution in [0, 0.1) is 5.41 Å². The molecule has 2 aromatic rings. The number of hydrogen-bond acceptors (Lipinski definition) is 5. The Labute approximate surface area is 198 Å². The molecule has 1 atom stereocenters. The molecule has 1 fully saturated rings. The molecule has 2 amide bonds. The summed E-state index contributed by atoms with van der Waals surface area (Å²) in [5.74, 6) is -1.47. The van der Waals surface area contributed by atoms with Crippen LogP contribution in [-0.4, -0.2) is 67.4 Å². The zero-order chi connectivity index (χ0) is 24.3. The minimum absolute atomic E-state index is 0.0545. The van der Waals surface area contributed by atoms with Crippen LogP contribution in [0.15, 0.2) is 61.2 Å². The number of ether oxygens (including phenoxy) is 2. The molecule has 34 heavy (non-hydrogen) atoms. The number of carbonyl (C=O) groups is 3. The molecule has 0 spiro atoms. The summed E-state index contributed by atoms with van der Waals surface area (Å²) < 4.78 is 10.6. The summed E-state index contributed by atoms with van der Waals surface area (Å²) in [7, 11) is 1.43. The van der Waals surface area contributed by atoms with Gasteiger partial charge in [0, 0.05) is 26.1 Å². The number of carboxylic acids is 1. The van der Waals surface area contributed by atoms with Gasteiger partial charge in [0.1, 0.15) is 18.1 Å². The number of carboxylic acid groups (broad SMARTS) is 1. The van der Waals surface area contributed by atoms with E-state index in [4.69, 9.17) is 9.47 Å². The number of fused-ring (bicyclic) bond motifs is 3. The molecule has 2 aromatic carbocycles. The van der Waals surface area contributed by atoms with Crippen LogP contribution in [0.1, 0.15) is 23.5 Å². The second-order valence-corrected chi connectivity index (χ2v) is 8.75. The van der Waals surface area contributed by atoms with E-state index in [1.165, 1.54) is 18.1 Å². The highest BCUT2D eigenvalue weighted by molar-refractivity contribution is 5.89. The molecule has 0 bridgehead atoms. The predicted octanol–water partition coefficient (Wildman–Crippen LogP) is 3.03. The summed E-state index contributed by atoms with van der Waals surface area (Å²) in [5.41, 5.74) is 3.40. The molecule has 1 heterocycles. The van der Waals surface area contributed by atoms with Gasteiger partial charge in [-0.05, 0) is 28.7 Å². The maximum atomic E-state index is 12.9. The molecule has 0 unspecified atom stereocenters. The van der Waals surface area contributed by atoms with Gasteiger partial charge in [0.25, 0.3) is 0 Å². The summed E-state index contributed by atoms with van der Waals surface area (Å²) >= 11 is 0. The molecule has 0 radical (unpaired) electrons. The Morgan fingerprint density at radius 2 is 1.74 bits per heavy atom. The first kappa shape index (κ1) is 23.5. The summed E-state index contributed by atoms with van der Waals surface area (Å²) in [6.45, 7) is 3.78. The van der Waals surface area contributed by atoms with Crippen molar-refractivity contribution in [2.75, 3.05) is 33.4 Å². The van der Waals surface area contributed by atoms with Crippen LogP contribution in [0.25, 0.3) is 11.1 Å². The van der Waals surface area contributed by atoms with E-state index in [0.717, 1.165) is 22.3 Å². The van der Waals surface area contributed by atoms with E-state index in [-0.39, 0.29) is 38.6 Å². The van der Waals surface area contributed by atoms with Crippen molar-refractivity contribution in [1.82, 2.24) is 10.2 Å². The van der Waals surface area contributed by atoms with Gasteiger partial charge in [-0.3, -0.25) is 9.59 Å². The number of hydrogen-bond donors (Lipinski definition) is 2. The van der Waals surface area contributed by atoms with Crippen molar-refractivity contribution in [3.8, 4) is 11.1 Å². The molecule has 0 aromatic heterocycles. The standard InChI is InChI=1S/C26H28N2O6/c1-3-12-26(24(30)31)15-28(16-26)23(29)22(14-33-2)27-25(32)34-13-21-19-10-6-4-8-17(19)18-9-5-7-11-20(18)21/h3-11,21-22H,1,12-16H2,2H3,(H,27,32)(H,30,31)/t22-/m0/s1. The Hall–Kier alpha value is -3.65. The first-order valence-electron chi connectivity index (χ1n) is 11.1. The first-order valence-corrected chi connectivity index (χ1v) is 11.1. The van der Waals surface area contributed by atoms with Gasteiger partial charge >= 0.3 is 12.1 Å². The molecule has 2 N–H and O–H groups in total. The summed E-state index contributed by atoms with van der Waals surface area (Å²) in [6, 6.07) is 15.1. The lowest BCUT2D eigenvalue weighted by Crippen LogP contribution is -2.65. The Morgan fingerprint density at radius 1 is 1.15 bits per heavy atom. The maximum Gasteiger partial charge on any atom is 0.407 e. The highest BCUT2D eigenvalue weighted by Gasteiger charge is 2.51. The Balaban J connectivity index is 1.38. The van der Waals surface area contributed by atoms with Crippen molar-refractivity contribution < 1.29 is 29.0 Å². The molecule has 4 rings (SSSR count). The van der Waals surface area contributed by atoms with Gasteiger partial charge in [-0.1, -0.05) is 54.6 Å². The monoisotopic (exact) mass is 464 g/mol. The number of carbonyl (C=O) groups excluding carboxylic acids is 2. The molecule has 1 aliphatic heterocycles. The van der Waals surface area contributed by atoms with Crippen molar-refractivity contribution in [3.05, 3.63) is 72.3 Å². The molecule has 8 heteroatoms. The normalized spacial score (nSPS) is 16.6. The molecule has 8 nitrogen and oxygen atoms in total. The summed E-state index contributed by atoms with van der Waals surface area (Å²) in [5, 5.41) is 12.1. The minimum atomic E-state index is -1.03. The number of methoxy groups -OCH3 is 1. The van der Waals surface area contributed by atoms with Gasteiger partial charge in [0.2, 0.25) is 5.91 Å². The number of likely N-dealkylation sites (tertiary alicyclic amines) is 1. The zero-order valence-electron chi connectivity index (χ0n) is 19.0. The molecule has 1 saturated heterocycles. The van der Waals surface area contributed by atoms with Crippen LogP contribution in [0.5, 0.6) is 0 Å². The van der Waals surface area contributed by atoms with Crippen molar-refractivity contribution in [2.45, 2.75) is 18.4 Å². The van der Waals surface area contributed by atoms with Gasteiger partial charge in [0.05, 0.1) is 6.61 Å². The second-order valence-electron chi connectivity index (χ2n) is 8.75. The van der Waals surface area contributed by atoms with Crippen molar-refractivity contribution in [3.63, 3.8) is 0 Å². The van der Waals surface area contributed by atoms with Gasteiger partial charge in [0.15, 0.2) is 0 Å². The van der Waals surface area contributed by atoms with Gasteiger partial charge < -0.3 is 24.8 Å². The topological polar surface area (TPSA) is 105 Å². The molecule has 2 aliphatic rings. The Bertz CT molecular complexity index is 1060. The number of nitrogens with one attached hydrogen (secondary N) is 1. The second kappa shape index (κ2) is 9.69. The van der Waals surface area contributed by atoms with Crippen LogP contribution in [-0.2, 0) is 19.1 Å². The smallest absolute Gasteiger partial charge is 0.407 e. The van der Waals surface area contributed by atoms with E-state index in [2.05, 4.69) is 24.0 Å². The summed E-state index contributed by atoms with van der Waals surface area (Å²) in [4.78, 5) is 38.6. The predicted molar refractivity (Wildman–Crippen MR) is 125 cm³/mol. The van der Waals surface area contributed by atoms with E-state index < -0.39 is 29.4 Å². The lowest BCUT2D eigenvalue weighted by molar-refractivity contribution is -0.166. The number of benzene rings is 2. The SMILES string of the molecule is C=CCC1(C(=O)O)CN(C(=O)[C@H](COC)NC(=O)OCC2c3ccccc3-c3ccccc32)C1. The summed E-state index contributed by atoms with van der Waals surface area (Å²) in [6.07, 6.45) is 1.08. The largest absolute Gasteiger partial charge is 0.481 e. The average Bonchev–Trinajstić information content (AvgIpc) is 3.12. The van der Waals surface area contributed by atoms with Crippen molar-refractivity contribution in [2.24, 2.45) is 5.41 Å².